The van der Waals surface area contributed by atoms with Gasteiger partial charge in [-0.05, 0) is 55.5 Å². The highest BCUT2D eigenvalue weighted by atomic mass is 15.3. The number of benzene rings is 1. The van der Waals surface area contributed by atoms with Gasteiger partial charge < -0.3 is 4.90 Å². The van der Waals surface area contributed by atoms with E-state index in [0.717, 1.165) is 6.54 Å². The normalized spacial score (nSPS) is 12.6. The van der Waals surface area contributed by atoms with Gasteiger partial charge in [0.05, 0.1) is 6.20 Å². The Morgan fingerprint density at radius 2 is 1.83 bits per heavy atom. The van der Waals surface area contributed by atoms with Gasteiger partial charge in [0, 0.05) is 37.6 Å². The molecule has 128 valence electrons. The van der Waals surface area contributed by atoms with Crippen LogP contribution in [0.1, 0.15) is 52.2 Å². The largest absolute Gasteiger partial charge is 0.374 e. The van der Waals surface area contributed by atoms with Crippen molar-refractivity contribution >= 4 is 5.69 Å². The van der Waals surface area contributed by atoms with E-state index in [0.29, 0.717) is 0 Å². The van der Waals surface area contributed by atoms with E-state index in [-0.39, 0.29) is 0 Å². The number of fused-ring (bicyclic) bond motifs is 1. The maximum absolute atomic E-state index is 4.39. The fraction of sp³-hybridized carbons (Fsp3) is 0.550. The molecule has 2 aromatic rings. The minimum Gasteiger partial charge on any atom is -0.374 e. The van der Waals surface area contributed by atoms with Gasteiger partial charge in [-0.15, -0.1) is 0 Å². The Labute approximate surface area is 142 Å². The maximum Gasteiger partial charge on any atom is 0.0568 e. The highest BCUT2D eigenvalue weighted by Crippen LogP contribution is 2.33. The molecule has 0 saturated carbocycles. The summed E-state index contributed by atoms with van der Waals surface area (Å²) < 4.78 is 1.99. The van der Waals surface area contributed by atoms with E-state index in [1.807, 2.05) is 38.6 Å². The summed E-state index contributed by atoms with van der Waals surface area (Å²) in [7, 11) is 2.19. The highest BCUT2D eigenvalue weighted by molar-refractivity contribution is 5.72. The monoisotopic (exact) mass is 315 g/mol. The molecule has 3 nitrogen and oxygen atoms in total. The molecular weight excluding hydrogens is 282 g/mol. The summed E-state index contributed by atoms with van der Waals surface area (Å²) in [5.41, 5.74) is 6.77. The van der Waals surface area contributed by atoms with Crippen LogP contribution in [0.4, 0.5) is 5.69 Å². The molecule has 3 rings (SSSR count). The molecule has 0 N–H and O–H groups in total. The third-order valence-electron chi connectivity index (χ3n) is 4.04. The lowest BCUT2D eigenvalue weighted by molar-refractivity contribution is 0.660. The molecule has 0 bridgehead atoms. The molecule has 0 amide bonds. The molecule has 0 aliphatic carbocycles. The lowest BCUT2D eigenvalue weighted by atomic mass is 9.94. The third kappa shape index (κ3) is 4.37. The van der Waals surface area contributed by atoms with Crippen molar-refractivity contribution in [2.24, 2.45) is 0 Å². The number of hydrogen-bond donors (Lipinski definition) is 0. The molecule has 3 heteroatoms. The first-order valence-electron chi connectivity index (χ1n) is 9.06. The number of nitrogens with zero attached hydrogens (tertiary/aromatic N) is 3. The van der Waals surface area contributed by atoms with Crippen LogP contribution in [0.3, 0.4) is 0 Å². The fourth-order valence-electron chi connectivity index (χ4n) is 2.91. The second-order valence-corrected chi connectivity index (χ2v) is 5.41. The minimum absolute atomic E-state index is 0.923. The van der Waals surface area contributed by atoms with Crippen LogP contribution in [0.2, 0.25) is 0 Å². The Morgan fingerprint density at radius 3 is 2.43 bits per heavy atom. The van der Waals surface area contributed by atoms with Crippen molar-refractivity contribution in [1.82, 2.24) is 9.78 Å². The molecule has 1 aliphatic heterocycles. The van der Waals surface area contributed by atoms with Crippen LogP contribution in [0.5, 0.6) is 0 Å². The lowest BCUT2D eigenvalue weighted by Crippen LogP contribution is -2.24. The molecule has 23 heavy (non-hydrogen) atoms. The summed E-state index contributed by atoms with van der Waals surface area (Å²) in [5, 5.41) is 4.39. The van der Waals surface area contributed by atoms with Crippen LogP contribution < -0.4 is 4.90 Å². The second kappa shape index (κ2) is 9.39. The molecule has 2 heterocycles. The van der Waals surface area contributed by atoms with Crippen molar-refractivity contribution in [2.75, 3.05) is 18.5 Å². The first kappa shape index (κ1) is 19.3. The van der Waals surface area contributed by atoms with E-state index in [4.69, 9.17) is 0 Å². The summed E-state index contributed by atoms with van der Waals surface area (Å²) in [6.07, 6.45) is 6.56. The SMILES string of the molecule is CC.CC.CCn1cc(-c2cc3c(cc2C)N(C)CCC3)cn1. The lowest BCUT2D eigenvalue weighted by Gasteiger charge is -2.28. The van der Waals surface area contributed by atoms with Crippen LogP contribution >= 0.6 is 0 Å². The van der Waals surface area contributed by atoms with Crippen molar-refractivity contribution in [3.8, 4) is 11.1 Å². The molecule has 0 unspecified atom stereocenters. The summed E-state index contributed by atoms with van der Waals surface area (Å²) in [5.74, 6) is 0. The Morgan fingerprint density at radius 1 is 1.13 bits per heavy atom. The van der Waals surface area contributed by atoms with Gasteiger partial charge in [-0.25, -0.2) is 0 Å². The molecule has 1 aromatic carbocycles. The molecule has 1 aromatic heterocycles. The van der Waals surface area contributed by atoms with Gasteiger partial charge >= 0.3 is 0 Å². The quantitative estimate of drug-likeness (QED) is 0.748. The van der Waals surface area contributed by atoms with Gasteiger partial charge in [-0.1, -0.05) is 27.7 Å². The van der Waals surface area contributed by atoms with E-state index in [2.05, 4.69) is 49.2 Å². The van der Waals surface area contributed by atoms with E-state index in [9.17, 15) is 0 Å². The Kier molecular flexibility index (Phi) is 7.87. The molecular formula is C20H33N3. The highest BCUT2D eigenvalue weighted by Gasteiger charge is 2.16. The van der Waals surface area contributed by atoms with Crippen LogP contribution in [0, 0.1) is 6.92 Å². The molecule has 0 fully saturated rings. The van der Waals surface area contributed by atoms with Gasteiger partial charge in [0.25, 0.3) is 0 Å². The predicted molar refractivity (Wildman–Crippen MR) is 102 cm³/mol. The Bertz CT molecular complexity index is 599. The molecule has 0 atom stereocenters. The topological polar surface area (TPSA) is 21.1 Å². The standard InChI is InChI=1S/C16H21N3.2C2H6/c1-4-19-11-14(10-17-19)15-9-13-6-5-7-18(3)16(13)8-12(15)2;2*1-2/h8-11H,4-7H2,1-3H3;2*1-2H3. The zero-order chi connectivity index (χ0) is 17.4. The van der Waals surface area contributed by atoms with Crippen LogP contribution in [-0.4, -0.2) is 23.4 Å². The third-order valence-corrected chi connectivity index (χ3v) is 4.04. The van der Waals surface area contributed by atoms with Gasteiger partial charge in [0.1, 0.15) is 0 Å². The number of rotatable bonds is 2. The fourth-order valence-corrected chi connectivity index (χ4v) is 2.91. The Hall–Kier alpha value is -1.77. The van der Waals surface area contributed by atoms with E-state index in [1.165, 1.54) is 47.3 Å². The van der Waals surface area contributed by atoms with Crippen molar-refractivity contribution in [3.05, 3.63) is 35.7 Å². The van der Waals surface area contributed by atoms with Gasteiger partial charge in [-0.3, -0.25) is 4.68 Å². The van der Waals surface area contributed by atoms with Crippen molar-refractivity contribution in [1.29, 1.82) is 0 Å². The van der Waals surface area contributed by atoms with Gasteiger partial charge in [0.15, 0.2) is 0 Å². The zero-order valence-electron chi connectivity index (χ0n) is 16.0. The number of aromatic nitrogens is 2. The van der Waals surface area contributed by atoms with Crippen molar-refractivity contribution < 1.29 is 0 Å². The minimum atomic E-state index is 0.923. The first-order valence-corrected chi connectivity index (χ1v) is 9.06. The number of hydrogen-bond acceptors (Lipinski definition) is 2. The van der Waals surface area contributed by atoms with E-state index >= 15 is 0 Å². The molecule has 0 spiro atoms. The van der Waals surface area contributed by atoms with Crippen LogP contribution in [-0.2, 0) is 13.0 Å². The van der Waals surface area contributed by atoms with Gasteiger partial charge in [0.2, 0.25) is 0 Å². The average Bonchev–Trinajstić information content (AvgIpc) is 3.08. The first-order chi connectivity index (χ1) is 11.2. The summed E-state index contributed by atoms with van der Waals surface area (Å²) in [6, 6.07) is 4.68. The summed E-state index contributed by atoms with van der Waals surface area (Å²) in [4.78, 5) is 2.37. The zero-order valence-corrected chi connectivity index (χ0v) is 16.0. The van der Waals surface area contributed by atoms with E-state index in [1.54, 1.807) is 0 Å². The average molecular weight is 316 g/mol. The Balaban J connectivity index is 0.000000615. The van der Waals surface area contributed by atoms with Crippen molar-refractivity contribution in [3.63, 3.8) is 0 Å². The van der Waals surface area contributed by atoms with Gasteiger partial charge in [-0.2, -0.15) is 5.10 Å². The predicted octanol–water partition coefficient (Wildman–Crippen LogP) is 5.31. The molecule has 0 saturated heterocycles. The number of anilines is 1. The van der Waals surface area contributed by atoms with Crippen LogP contribution in [0.25, 0.3) is 11.1 Å². The summed E-state index contributed by atoms with van der Waals surface area (Å²) >= 11 is 0. The summed E-state index contributed by atoms with van der Waals surface area (Å²) in [6.45, 7) is 14.4. The van der Waals surface area contributed by atoms with Crippen molar-refractivity contribution in [2.45, 2.75) is 60.9 Å². The van der Waals surface area contributed by atoms with Crippen LogP contribution in [0.15, 0.2) is 24.5 Å². The van der Waals surface area contributed by atoms with E-state index < -0.39 is 0 Å². The molecule has 1 aliphatic rings. The molecule has 0 radical (unpaired) electrons. The number of aryl methyl sites for hydroxylation is 3. The second-order valence-electron chi connectivity index (χ2n) is 5.41. The maximum atomic E-state index is 4.39. The smallest absolute Gasteiger partial charge is 0.0568 e.